The second-order valence-electron chi connectivity index (χ2n) is 5.76. The van der Waals surface area contributed by atoms with E-state index in [1.165, 1.54) is 6.42 Å². The Bertz CT molecular complexity index is 618. The van der Waals surface area contributed by atoms with Crippen LogP contribution in [-0.4, -0.2) is 35.6 Å². The lowest BCUT2D eigenvalue weighted by molar-refractivity contribution is 0.200. The van der Waals surface area contributed by atoms with Crippen LogP contribution in [-0.2, 0) is 6.54 Å². The number of nitrogens with zero attached hydrogens (tertiary/aromatic N) is 2. The molecular weight excluding hydrogens is 336 g/mol. The van der Waals surface area contributed by atoms with Crippen molar-refractivity contribution in [2.45, 2.75) is 32.4 Å². The zero-order valence-corrected chi connectivity index (χ0v) is 14.9. The molecule has 1 saturated heterocycles. The molecule has 3 rings (SSSR count). The van der Waals surface area contributed by atoms with Gasteiger partial charge in [0.1, 0.15) is 5.82 Å². The normalized spacial score (nSPS) is 17.1. The van der Waals surface area contributed by atoms with E-state index >= 15 is 0 Å². The Morgan fingerprint density at radius 1 is 1.35 bits per heavy atom. The largest absolute Gasteiger partial charge is 0.315 e. The minimum absolute atomic E-state index is 0. The van der Waals surface area contributed by atoms with E-state index < -0.39 is 0 Å². The molecule has 1 unspecified atom stereocenters. The zero-order valence-electron chi connectivity index (χ0n) is 13.3. The minimum Gasteiger partial charge on any atom is -0.315 e. The SMILES string of the molecule is CCCN(Cc1cc(F)cc2cccnc12)C1CCNC1.Cl.Cl. The fourth-order valence-electron chi connectivity index (χ4n) is 3.20. The Kier molecular flexibility index (Phi) is 8.20. The van der Waals surface area contributed by atoms with Gasteiger partial charge in [0.05, 0.1) is 5.52 Å². The van der Waals surface area contributed by atoms with E-state index in [1.807, 2.05) is 12.1 Å². The molecule has 1 atom stereocenters. The molecule has 1 aliphatic heterocycles. The maximum atomic E-state index is 13.9. The van der Waals surface area contributed by atoms with Gasteiger partial charge in [-0.2, -0.15) is 0 Å². The highest BCUT2D eigenvalue weighted by atomic mass is 35.5. The van der Waals surface area contributed by atoms with Gasteiger partial charge in [-0.25, -0.2) is 4.39 Å². The number of aromatic nitrogens is 1. The molecule has 1 fully saturated rings. The Morgan fingerprint density at radius 2 is 2.17 bits per heavy atom. The summed E-state index contributed by atoms with van der Waals surface area (Å²) in [5.74, 6) is -0.175. The third-order valence-electron chi connectivity index (χ3n) is 4.18. The highest BCUT2D eigenvalue weighted by Crippen LogP contribution is 2.22. The average molecular weight is 360 g/mol. The number of halogens is 3. The summed E-state index contributed by atoms with van der Waals surface area (Å²) in [5.41, 5.74) is 1.91. The average Bonchev–Trinajstić information content (AvgIpc) is 3.00. The predicted octanol–water partition coefficient (Wildman–Crippen LogP) is 3.79. The van der Waals surface area contributed by atoms with Crippen molar-refractivity contribution >= 4 is 35.7 Å². The van der Waals surface area contributed by atoms with Gasteiger partial charge in [-0.1, -0.05) is 13.0 Å². The molecule has 3 nitrogen and oxygen atoms in total. The van der Waals surface area contributed by atoms with E-state index in [0.29, 0.717) is 6.04 Å². The minimum atomic E-state index is -0.175. The van der Waals surface area contributed by atoms with Crippen molar-refractivity contribution in [1.82, 2.24) is 15.2 Å². The molecule has 0 bridgehead atoms. The van der Waals surface area contributed by atoms with Gasteiger partial charge in [-0.3, -0.25) is 9.88 Å². The van der Waals surface area contributed by atoms with Gasteiger partial charge in [-0.05, 0) is 49.7 Å². The number of hydrogen-bond donors (Lipinski definition) is 1. The third kappa shape index (κ3) is 4.77. The molecule has 0 saturated carbocycles. The summed E-state index contributed by atoms with van der Waals surface area (Å²) >= 11 is 0. The van der Waals surface area contributed by atoms with E-state index in [1.54, 1.807) is 18.3 Å². The van der Waals surface area contributed by atoms with Crippen molar-refractivity contribution in [2.75, 3.05) is 19.6 Å². The molecule has 1 aromatic heterocycles. The van der Waals surface area contributed by atoms with Crippen LogP contribution in [0.1, 0.15) is 25.3 Å². The summed E-state index contributed by atoms with van der Waals surface area (Å²) in [7, 11) is 0. The van der Waals surface area contributed by atoms with Crippen LogP contribution in [0.5, 0.6) is 0 Å². The summed E-state index contributed by atoms with van der Waals surface area (Å²) in [6, 6.07) is 7.53. The maximum Gasteiger partial charge on any atom is 0.124 e. The molecule has 1 aliphatic rings. The smallest absolute Gasteiger partial charge is 0.124 e. The summed E-state index contributed by atoms with van der Waals surface area (Å²) in [5, 5.41) is 4.30. The number of rotatable bonds is 5. The van der Waals surface area contributed by atoms with Crippen LogP contribution in [0.4, 0.5) is 4.39 Å². The molecule has 23 heavy (non-hydrogen) atoms. The highest BCUT2D eigenvalue weighted by Gasteiger charge is 2.22. The lowest BCUT2D eigenvalue weighted by atomic mass is 10.1. The summed E-state index contributed by atoms with van der Waals surface area (Å²) in [6.45, 7) is 6.10. The first-order valence-corrected chi connectivity index (χ1v) is 7.76. The Balaban J connectivity index is 0.00000132. The van der Waals surface area contributed by atoms with Gasteiger partial charge in [-0.15, -0.1) is 24.8 Å². The van der Waals surface area contributed by atoms with Gasteiger partial charge in [0.25, 0.3) is 0 Å². The van der Waals surface area contributed by atoms with Gasteiger partial charge in [0.2, 0.25) is 0 Å². The summed E-state index contributed by atoms with van der Waals surface area (Å²) in [4.78, 5) is 6.91. The molecular formula is C17H24Cl2FN3. The van der Waals surface area contributed by atoms with Crippen molar-refractivity contribution in [3.05, 3.63) is 41.8 Å². The van der Waals surface area contributed by atoms with Gasteiger partial charge in [0.15, 0.2) is 0 Å². The van der Waals surface area contributed by atoms with Gasteiger partial charge in [0, 0.05) is 30.7 Å². The Morgan fingerprint density at radius 3 is 2.87 bits per heavy atom. The molecule has 0 amide bonds. The third-order valence-corrected chi connectivity index (χ3v) is 4.18. The standard InChI is InChI=1S/C17H22FN3.2ClH/c1-2-8-21(16-5-7-19-11-16)12-14-10-15(18)9-13-4-3-6-20-17(13)14;;/h3-4,6,9-10,16,19H,2,5,7-8,11-12H2,1H3;2*1H. The van der Waals surface area contributed by atoms with Crippen LogP contribution in [0, 0.1) is 5.82 Å². The highest BCUT2D eigenvalue weighted by molar-refractivity contribution is 5.85. The first-order valence-electron chi connectivity index (χ1n) is 7.76. The zero-order chi connectivity index (χ0) is 14.7. The summed E-state index contributed by atoms with van der Waals surface area (Å²) < 4.78 is 13.9. The van der Waals surface area contributed by atoms with Crippen molar-refractivity contribution in [2.24, 2.45) is 0 Å². The second kappa shape index (κ2) is 9.38. The van der Waals surface area contributed by atoms with Crippen molar-refractivity contribution in [3.63, 3.8) is 0 Å². The Labute approximate surface area is 149 Å². The molecule has 2 aromatic rings. The summed E-state index contributed by atoms with van der Waals surface area (Å²) in [6.07, 6.45) is 4.06. The van der Waals surface area contributed by atoms with E-state index in [9.17, 15) is 4.39 Å². The fraction of sp³-hybridized carbons (Fsp3) is 0.471. The number of pyridine rings is 1. The fourth-order valence-corrected chi connectivity index (χ4v) is 3.20. The molecule has 0 aliphatic carbocycles. The van der Waals surface area contributed by atoms with Crippen LogP contribution in [0.15, 0.2) is 30.5 Å². The van der Waals surface area contributed by atoms with E-state index in [0.717, 1.165) is 49.1 Å². The molecule has 0 radical (unpaired) electrons. The van der Waals surface area contributed by atoms with Crippen LogP contribution < -0.4 is 5.32 Å². The van der Waals surface area contributed by atoms with E-state index in [2.05, 4.69) is 22.1 Å². The van der Waals surface area contributed by atoms with Crippen molar-refractivity contribution in [1.29, 1.82) is 0 Å². The quantitative estimate of drug-likeness (QED) is 0.879. The van der Waals surface area contributed by atoms with Gasteiger partial charge < -0.3 is 5.32 Å². The van der Waals surface area contributed by atoms with Gasteiger partial charge >= 0.3 is 0 Å². The van der Waals surface area contributed by atoms with E-state index in [-0.39, 0.29) is 30.6 Å². The maximum absolute atomic E-state index is 13.9. The lowest BCUT2D eigenvalue weighted by Crippen LogP contribution is -2.37. The Hall–Kier alpha value is -0.940. The van der Waals surface area contributed by atoms with Crippen molar-refractivity contribution in [3.8, 4) is 0 Å². The topological polar surface area (TPSA) is 28.2 Å². The van der Waals surface area contributed by atoms with Crippen molar-refractivity contribution < 1.29 is 4.39 Å². The van der Waals surface area contributed by atoms with Crippen LogP contribution in [0.25, 0.3) is 10.9 Å². The van der Waals surface area contributed by atoms with Crippen LogP contribution in [0.2, 0.25) is 0 Å². The van der Waals surface area contributed by atoms with Crippen LogP contribution in [0.3, 0.4) is 0 Å². The first kappa shape index (κ1) is 20.1. The monoisotopic (exact) mass is 359 g/mol. The molecule has 1 aromatic carbocycles. The number of nitrogens with one attached hydrogen (secondary N) is 1. The second-order valence-corrected chi connectivity index (χ2v) is 5.76. The number of fused-ring (bicyclic) bond motifs is 1. The number of hydrogen-bond acceptors (Lipinski definition) is 3. The molecule has 6 heteroatoms. The first-order chi connectivity index (χ1) is 10.3. The number of benzene rings is 1. The van der Waals surface area contributed by atoms with Crippen LogP contribution >= 0.6 is 24.8 Å². The molecule has 128 valence electrons. The molecule has 1 N–H and O–H groups in total. The van der Waals surface area contributed by atoms with E-state index in [4.69, 9.17) is 0 Å². The molecule has 2 heterocycles. The predicted molar refractivity (Wildman–Crippen MR) is 98.2 cm³/mol. The lowest BCUT2D eigenvalue weighted by Gasteiger charge is -2.28. The molecule has 0 spiro atoms.